The third kappa shape index (κ3) is 12.1. The fraction of sp³-hybridized carbons (Fsp3) is 0.629. The summed E-state index contributed by atoms with van der Waals surface area (Å²) in [5.74, 6) is 1.70. The molecule has 0 bridgehead atoms. The molecule has 0 aromatic heterocycles. The Hall–Kier alpha value is -2.87. The van der Waals surface area contributed by atoms with Crippen LogP contribution in [0.25, 0.3) is 0 Å². The van der Waals surface area contributed by atoms with Crippen LogP contribution in [0.4, 0.5) is 0 Å². The molecule has 0 radical (unpaired) electrons. The fourth-order valence-electron chi connectivity index (χ4n) is 5.65. The van der Waals surface area contributed by atoms with Gasteiger partial charge in [-0.15, -0.1) is 0 Å². The predicted octanol–water partition coefficient (Wildman–Crippen LogP) is 10.0. The van der Waals surface area contributed by atoms with Gasteiger partial charge in [-0.25, -0.2) is 0 Å². The van der Waals surface area contributed by atoms with Crippen molar-refractivity contribution in [1.29, 1.82) is 5.26 Å². The minimum atomic E-state index is -0.505. The molecule has 0 N–H and O–H groups in total. The van der Waals surface area contributed by atoms with Crippen LogP contribution in [-0.2, 0) is 11.8 Å². The van der Waals surface area contributed by atoms with Crippen LogP contribution in [0, 0.1) is 11.3 Å². The second-order valence-corrected chi connectivity index (χ2v) is 11.1. The second-order valence-electron chi connectivity index (χ2n) is 11.1. The molecular weight excluding hydrogens is 494 g/mol. The van der Waals surface area contributed by atoms with E-state index in [9.17, 15) is 5.26 Å². The monoisotopic (exact) mass is 547 g/mol. The molecule has 5 heteroatoms. The Kier molecular flexibility index (Phi) is 16.7. The summed E-state index contributed by atoms with van der Waals surface area (Å²) in [7, 11) is 5.14. The Morgan fingerprint density at radius 3 is 2.00 bits per heavy atom. The van der Waals surface area contributed by atoms with Gasteiger partial charge >= 0.3 is 0 Å². The number of ether oxygens (including phenoxy) is 2. The zero-order chi connectivity index (χ0) is 28.9. The quantitative estimate of drug-likeness (QED) is 0.109. The molecule has 0 aliphatic rings. The first kappa shape index (κ1) is 33.3. The van der Waals surface area contributed by atoms with Gasteiger partial charge in [0.2, 0.25) is 0 Å². The average Bonchev–Trinajstić information content (AvgIpc) is 3.00. The van der Waals surface area contributed by atoms with Crippen molar-refractivity contribution in [2.45, 2.75) is 121 Å². The largest absolute Gasteiger partial charge is 0.497 e. The normalized spacial score (nSPS) is 13.6. The maximum atomic E-state index is 10.6. The molecule has 0 heterocycles. The van der Waals surface area contributed by atoms with Crippen molar-refractivity contribution in [3.63, 3.8) is 0 Å². The lowest BCUT2D eigenvalue weighted by molar-refractivity contribution is 0.392. The minimum absolute atomic E-state index is 0.148. The number of nitrogens with zero attached hydrogens (tertiary/aromatic N) is 3. The lowest BCUT2D eigenvalue weighted by Crippen LogP contribution is -2.25. The molecule has 220 valence electrons. The Labute approximate surface area is 244 Å². The summed E-state index contributed by atoms with van der Waals surface area (Å²) in [4.78, 5) is 0. The van der Waals surface area contributed by atoms with Crippen LogP contribution in [-0.4, -0.2) is 27.3 Å². The highest BCUT2D eigenvalue weighted by atomic mass is 16.5. The van der Waals surface area contributed by atoms with E-state index in [1.54, 1.807) is 21.3 Å². The first-order chi connectivity index (χ1) is 19.6. The molecule has 0 saturated heterocycles. The van der Waals surface area contributed by atoms with Crippen LogP contribution in [0.5, 0.6) is 11.5 Å². The van der Waals surface area contributed by atoms with Crippen LogP contribution >= 0.6 is 0 Å². The Morgan fingerprint density at radius 2 is 1.38 bits per heavy atom. The summed E-state index contributed by atoms with van der Waals surface area (Å²) < 4.78 is 10.9. The van der Waals surface area contributed by atoms with Crippen LogP contribution in [0.15, 0.2) is 58.8 Å². The van der Waals surface area contributed by atoms with Crippen molar-refractivity contribution >= 4 is 0 Å². The van der Waals surface area contributed by atoms with E-state index in [0.29, 0.717) is 0 Å². The Bertz CT molecular complexity index is 1020. The lowest BCUT2D eigenvalue weighted by Gasteiger charge is -2.28. The van der Waals surface area contributed by atoms with E-state index in [-0.39, 0.29) is 6.04 Å². The number of hydrogen-bond acceptors (Lipinski definition) is 5. The second kappa shape index (κ2) is 20.1. The maximum absolute atomic E-state index is 10.6. The number of benzene rings is 2. The molecule has 5 nitrogen and oxygen atoms in total. The number of methoxy groups -OCH3 is 2. The van der Waals surface area contributed by atoms with Crippen LogP contribution in [0.2, 0.25) is 0 Å². The number of nitriles is 1. The molecule has 2 unspecified atom stereocenters. The van der Waals surface area contributed by atoms with E-state index in [1.807, 2.05) is 24.3 Å². The van der Waals surface area contributed by atoms with Crippen molar-refractivity contribution in [2.24, 2.45) is 10.2 Å². The van der Waals surface area contributed by atoms with E-state index >= 15 is 0 Å². The summed E-state index contributed by atoms with van der Waals surface area (Å²) in [6.45, 7) is 2.27. The molecule has 0 saturated carbocycles. The molecule has 0 aliphatic heterocycles. The standard InChI is InChI=1S/C35H53N3O2/c1-5-6-7-8-9-10-11-12-13-14-25-35(29-36,31-19-16-22-34(28-31)40-4)26-17-20-32(38-37-2)24-23-30-18-15-21-33(27-30)39-3/h15-16,18-19,21-22,27-28,32H,5-14,17,20,23-26H2,1-4H3/b38-37+. The van der Waals surface area contributed by atoms with Gasteiger partial charge in [0.05, 0.1) is 31.7 Å². The predicted molar refractivity (Wildman–Crippen MR) is 166 cm³/mol. The SMILES string of the molecule is CCCCCCCCCCCCC(C#N)(CCCC(CCc1cccc(OC)c1)/N=N/C)c1cccc(OC)c1. The first-order valence-electron chi connectivity index (χ1n) is 15.6. The van der Waals surface area contributed by atoms with Gasteiger partial charge in [0.1, 0.15) is 11.5 Å². The topological polar surface area (TPSA) is 67.0 Å². The average molecular weight is 548 g/mol. The molecule has 0 fully saturated rings. The summed E-state index contributed by atoms with van der Waals surface area (Å²) >= 11 is 0. The van der Waals surface area contributed by atoms with E-state index in [2.05, 4.69) is 47.5 Å². The fourth-order valence-corrected chi connectivity index (χ4v) is 5.65. The van der Waals surface area contributed by atoms with Gasteiger partial charge in [0.25, 0.3) is 0 Å². The highest BCUT2D eigenvalue weighted by Crippen LogP contribution is 2.37. The Balaban J connectivity index is 1.96. The smallest absolute Gasteiger partial charge is 0.119 e. The number of azo groups is 1. The molecule has 40 heavy (non-hydrogen) atoms. The van der Waals surface area contributed by atoms with Gasteiger partial charge in [-0.05, 0) is 73.9 Å². The van der Waals surface area contributed by atoms with Gasteiger partial charge < -0.3 is 9.47 Å². The zero-order valence-electron chi connectivity index (χ0n) is 25.7. The molecular formula is C35H53N3O2. The van der Waals surface area contributed by atoms with Crippen LogP contribution < -0.4 is 9.47 Å². The number of unbranched alkanes of at least 4 members (excludes halogenated alkanes) is 9. The summed E-state index contributed by atoms with van der Waals surface area (Å²) in [6.07, 6.45) is 18.4. The van der Waals surface area contributed by atoms with Gasteiger partial charge in [-0.1, -0.05) is 95.4 Å². The minimum Gasteiger partial charge on any atom is -0.497 e. The van der Waals surface area contributed by atoms with Crippen molar-refractivity contribution in [3.8, 4) is 17.6 Å². The third-order valence-corrected chi connectivity index (χ3v) is 8.11. The van der Waals surface area contributed by atoms with Crippen LogP contribution in [0.3, 0.4) is 0 Å². The summed E-state index contributed by atoms with van der Waals surface area (Å²) in [5, 5.41) is 19.2. The number of hydrogen-bond donors (Lipinski definition) is 0. The van der Waals surface area contributed by atoms with Crippen molar-refractivity contribution < 1.29 is 9.47 Å². The summed E-state index contributed by atoms with van der Waals surface area (Å²) in [6, 6.07) is 19.3. The van der Waals surface area contributed by atoms with E-state index in [4.69, 9.17) is 9.47 Å². The zero-order valence-corrected chi connectivity index (χ0v) is 25.7. The molecule has 2 aromatic carbocycles. The van der Waals surface area contributed by atoms with E-state index in [0.717, 1.165) is 62.0 Å². The van der Waals surface area contributed by atoms with Gasteiger partial charge in [-0.3, -0.25) is 0 Å². The summed E-state index contributed by atoms with van der Waals surface area (Å²) in [5.41, 5.74) is 1.82. The molecule has 2 aromatic rings. The third-order valence-electron chi connectivity index (χ3n) is 8.11. The molecule has 0 spiro atoms. The van der Waals surface area contributed by atoms with Crippen LogP contribution in [0.1, 0.15) is 114 Å². The highest BCUT2D eigenvalue weighted by Gasteiger charge is 2.32. The molecule has 0 aliphatic carbocycles. The molecule has 0 amide bonds. The lowest BCUT2D eigenvalue weighted by atomic mass is 9.73. The van der Waals surface area contributed by atoms with Crippen molar-refractivity contribution in [2.75, 3.05) is 21.3 Å². The van der Waals surface area contributed by atoms with Crippen molar-refractivity contribution in [1.82, 2.24) is 0 Å². The van der Waals surface area contributed by atoms with E-state index in [1.165, 1.54) is 63.4 Å². The van der Waals surface area contributed by atoms with Gasteiger partial charge in [0.15, 0.2) is 0 Å². The van der Waals surface area contributed by atoms with Crippen molar-refractivity contribution in [3.05, 3.63) is 59.7 Å². The van der Waals surface area contributed by atoms with E-state index < -0.39 is 5.41 Å². The van der Waals surface area contributed by atoms with Gasteiger partial charge in [0, 0.05) is 7.05 Å². The molecule has 2 atom stereocenters. The highest BCUT2D eigenvalue weighted by molar-refractivity contribution is 5.38. The molecule has 2 rings (SSSR count). The van der Waals surface area contributed by atoms with Gasteiger partial charge in [-0.2, -0.15) is 15.5 Å². The number of aryl methyl sites for hydroxylation is 1. The Morgan fingerprint density at radius 1 is 0.775 bits per heavy atom. The maximum Gasteiger partial charge on any atom is 0.119 e. The first-order valence-corrected chi connectivity index (χ1v) is 15.6. The number of rotatable bonds is 22.